The Bertz CT molecular complexity index is 94.1. The average molecular weight is 320 g/mol. The minimum atomic E-state index is 1.29. The molecule has 0 bridgehead atoms. The second-order valence-electron chi connectivity index (χ2n) is 4.55. The second kappa shape index (κ2) is 49.7. The number of rotatable bonds is 9. The van der Waals surface area contributed by atoms with Crippen molar-refractivity contribution in [3.63, 3.8) is 0 Å². The molecule has 1 nitrogen and oxygen atoms in total. The Morgan fingerprint density at radius 1 is 0.409 bits per heavy atom. The van der Waals surface area contributed by atoms with Crippen molar-refractivity contribution in [3.05, 3.63) is 0 Å². The fraction of sp³-hybridized carbons (Fsp3) is 1.00. The molecule has 22 heavy (non-hydrogen) atoms. The fourth-order valence-electron chi connectivity index (χ4n) is 1.70. The summed E-state index contributed by atoms with van der Waals surface area (Å²) in [5, 5.41) is 0. The highest BCUT2D eigenvalue weighted by molar-refractivity contribution is 4.54. The maximum atomic E-state index is 2.57. The van der Waals surface area contributed by atoms with Gasteiger partial charge in [0.2, 0.25) is 0 Å². The predicted octanol–water partition coefficient (Wildman–Crippen LogP) is 8.18. The van der Waals surface area contributed by atoms with Gasteiger partial charge in [0.1, 0.15) is 0 Å². The summed E-state index contributed by atoms with van der Waals surface area (Å²) in [6.07, 6.45) is 9.35. The molecule has 0 saturated heterocycles. The summed E-state index contributed by atoms with van der Waals surface area (Å²) in [6, 6.07) is 0. The van der Waals surface area contributed by atoms with Crippen LogP contribution in [0.5, 0.6) is 0 Å². The van der Waals surface area contributed by atoms with Crippen LogP contribution in [0.25, 0.3) is 0 Å². The van der Waals surface area contributed by atoms with Crippen LogP contribution in [0.3, 0.4) is 0 Å². The molecule has 0 saturated carbocycles. The number of unbranched alkanes of at least 4 members (excludes halogenated alkanes) is 3. The summed E-state index contributed by atoms with van der Waals surface area (Å²) >= 11 is 0. The highest BCUT2D eigenvalue weighted by Gasteiger charge is 1.99. The first-order chi connectivity index (χ1) is 10.8. The van der Waals surface area contributed by atoms with Crippen molar-refractivity contribution >= 4 is 0 Å². The largest absolute Gasteiger partial charge is 0.303 e. The van der Waals surface area contributed by atoms with Gasteiger partial charge < -0.3 is 4.90 Å². The van der Waals surface area contributed by atoms with Crippen molar-refractivity contribution in [3.8, 4) is 0 Å². The van der Waals surface area contributed by atoms with Crippen LogP contribution in [0.4, 0.5) is 0 Å². The zero-order chi connectivity index (χ0) is 18.6. The predicted molar refractivity (Wildman–Crippen MR) is 111 cm³/mol. The van der Waals surface area contributed by atoms with Gasteiger partial charge in [-0.1, -0.05) is 102 Å². The summed E-state index contributed by atoms with van der Waals surface area (Å²) in [6.45, 7) is 27.1. The molecule has 0 aromatic carbocycles. The lowest BCUT2D eigenvalue weighted by molar-refractivity contribution is 0.270. The van der Waals surface area contributed by atoms with Crippen molar-refractivity contribution in [1.29, 1.82) is 0 Å². The third kappa shape index (κ3) is 50.2. The van der Waals surface area contributed by atoms with E-state index in [0.29, 0.717) is 0 Å². The summed E-state index contributed by atoms with van der Waals surface area (Å²) < 4.78 is 0. The summed E-state index contributed by atoms with van der Waals surface area (Å²) in [7, 11) is 0. The van der Waals surface area contributed by atoms with Gasteiger partial charge in [0.05, 0.1) is 0 Å². The summed E-state index contributed by atoms with van der Waals surface area (Å²) in [5.74, 6) is 0. The number of hydrogen-bond donors (Lipinski definition) is 0. The van der Waals surface area contributed by atoms with Crippen LogP contribution in [0.2, 0.25) is 0 Å². The third-order valence-electron chi connectivity index (χ3n) is 2.61. The first kappa shape index (κ1) is 33.5. The quantitative estimate of drug-likeness (QED) is 0.414. The normalized spacial score (nSPS) is 8.18. The molecule has 0 unspecified atom stereocenters. The Hall–Kier alpha value is -0.0400. The van der Waals surface area contributed by atoms with Gasteiger partial charge >= 0.3 is 0 Å². The molecule has 0 aliphatic rings. The average Bonchev–Trinajstić information content (AvgIpc) is 2.60. The molecular formula is C21H53N. The van der Waals surface area contributed by atoms with Crippen LogP contribution in [-0.2, 0) is 0 Å². The molecule has 0 heterocycles. The Morgan fingerprint density at radius 2 is 0.727 bits per heavy atom. The Kier molecular flexibility index (Phi) is 75.8. The Balaban J connectivity index is -0.0000000733. The van der Waals surface area contributed by atoms with Crippen molar-refractivity contribution in [2.24, 2.45) is 0 Å². The molecular weight excluding hydrogens is 266 g/mol. The zero-order valence-electron chi connectivity index (χ0n) is 18.5. The topological polar surface area (TPSA) is 3.24 Å². The minimum Gasteiger partial charge on any atom is -0.303 e. The molecule has 0 fully saturated rings. The van der Waals surface area contributed by atoms with Gasteiger partial charge in [-0.3, -0.25) is 0 Å². The number of hydrogen-bond acceptors (Lipinski definition) is 1. The fourth-order valence-corrected chi connectivity index (χ4v) is 1.70. The van der Waals surface area contributed by atoms with E-state index < -0.39 is 0 Å². The van der Waals surface area contributed by atoms with Gasteiger partial charge in [-0.25, -0.2) is 0 Å². The first-order valence-corrected chi connectivity index (χ1v) is 10.5. The van der Waals surface area contributed by atoms with Crippen LogP contribution in [0.15, 0.2) is 0 Å². The van der Waals surface area contributed by atoms with E-state index in [1.165, 1.54) is 64.6 Å². The van der Waals surface area contributed by atoms with E-state index in [2.05, 4.69) is 39.5 Å². The lowest BCUT2D eigenvalue weighted by atomic mass is 10.3. The molecule has 1 heteroatoms. The van der Waals surface area contributed by atoms with E-state index >= 15 is 0 Å². The lowest BCUT2D eigenvalue weighted by Crippen LogP contribution is -2.26. The smallest absolute Gasteiger partial charge is 0.00188 e. The van der Waals surface area contributed by atoms with Gasteiger partial charge in [-0.15, -0.1) is 0 Å². The number of nitrogens with zero attached hydrogens (tertiary/aromatic N) is 1. The van der Waals surface area contributed by atoms with Gasteiger partial charge in [0.25, 0.3) is 0 Å². The molecule has 0 aliphatic carbocycles. The minimum absolute atomic E-state index is 1.29. The molecule has 0 aromatic rings. The molecule has 0 atom stereocenters. The monoisotopic (exact) mass is 319 g/mol. The van der Waals surface area contributed by atoms with Crippen LogP contribution in [0.1, 0.15) is 121 Å². The SMILES string of the molecule is CC.CC.CC.CCCCC.CCCCN(CCC)CCC. The van der Waals surface area contributed by atoms with Crippen LogP contribution < -0.4 is 0 Å². The second-order valence-corrected chi connectivity index (χ2v) is 4.55. The van der Waals surface area contributed by atoms with Gasteiger partial charge in [-0.2, -0.15) is 0 Å². The highest BCUT2D eigenvalue weighted by Crippen LogP contribution is 1.97. The van der Waals surface area contributed by atoms with E-state index in [1.54, 1.807) is 0 Å². The van der Waals surface area contributed by atoms with E-state index in [4.69, 9.17) is 0 Å². The van der Waals surface area contributed by atoms with E-state index in [0.717, 1.165) is 0 Å². The standard InChI is InChI=1S/C10H23N.C5H12.3C2H6/c1-4-7-10-11(8-5-2)9-6-3;1-3-5-4-2;3*1-2/h4-10H2,1-3H3;3-5H2,1-2H3;3*1-2H3. The van der Waals surface area contributed by atoms with Crippen molar-refractivity contribution in [1.82, 2.24) is 4.90 Å². The molecule has 0 N–H and O–H groups in total. The summed E-state index contributed by atoms with van der Waals surface area (Å²) in [4.78, 5) is 2.57. The van der Waals surface area contributed by atoms with Gasteiger partial charge in [-0.05, 0) is 38.9 Å². The van der Waals surface area contributed by atoms with Crippen LogP contribution in [0, 0.1) is 0 Å². The van der Waals surface area contributed by atoms with Gasteiger partial charge in [0.15, 0.2) is 0 Å². The van der Waals surface area contributed by atoms with E-state index in [1.807, 2.05) is 41.5 Å². The molecule has 0 rings (SSSR count). The van der Waals surface area contributed by atoms with Crippen LogP contribution >= 0.6 is 0 Å². The lowest BCUT2D eigenvalue weighted by Gasteiger charge is -2.20. The van der Waals surface area contributed by atoms with Gasteiger partial charge in [0, 0.05) is 0 Å². The molecule has 0 radical (unpaired) electrons. The zero-order valence-corrected chi connectivity index (χ0v) is 18.5. The van der Waals surface area contributed by atoms with Crippen LogP contribution in [-0.4, -0.2) is 24.5 Å². The van der Waals surface area contributed by atoms with E-state index in [-0.39, 0.29) is 0 Å². The first-order valence-electron chi connectivity index (χ1n) is 10.5. The van der Waals surface area contributed by atoms with Crippen molar-refractivity contribution in [2.75, 3.05) is 19.6 Å². The Morgan fingerprint density at radius 3 is 0.909 bits per heavy atom. The molecule has 0 aromatic heterocycles. The van der Waals surface area contributed by atoms with E-state index in [9.17, 15) is 0 Å². The Labute approximate surface area is 146 Å². The summed E-state index contributed by atoms with van der Waals surface area (Å²) in [5.41, 5.74) is 0. The highest BCUT2D eigenvalue weighted by atomic mass is 15.1. The third-order valence-corrected chi connectivity index (χ3v) is 2.61. The molecule has 0 aliphatic heterocycles. The maximum Gasteiger partial charge on any atom is -0.00188 e. The molecule has 0 spiro atoms. The van der Waals surface area contributed by atoms with Crippen molar-refractivity contribution in [2.45, 2.75) is 121 Å². The molecule has 0 amide bonds. The van der Waals surface area contributed by atoms with Crippen molar-refractivity contribution < 1.29 is 0 Å². The molecule has 142 valence electrons. The maximum absolute atomic E-state index is 2.57.